The van der Waals surface area contributed by atoms with E-state index in [-0.39, 0.29) is 11.9 Å². The molecular formula is C24H29N5O3. The van der Waals surface area contributed by atoms with Gasteiger partial charge in [-0.2, -0.15) is 4.98 Å². The smallest absolute Gasteiger partial charge is 0.225 e. The first-order valence-electron chi connectivity index (χ1n) is 11.3. The minimum absolute atomic E-state index is 0.0806. The van der Waals surface area contributed by atoms with E-state index in [4.69, 9.17) is 14.5 Å². The molecule has 0 unspecified atom stereocenters. The summed E-state index contributed by atoms with van der Waals surface area (Å²) < 4.78 is 11.9. The highest BCUT2D eigenvalue weighted by Crippen LogP contribution is 2.33. The molecule has 1 saturated heterocycles. The molecule has 5 rings (SSSR count). The van der Waals surface area contributed by atoms with Gasteiger partial charge >= 0.3 is 0 Å². The Kier molecular flexibility index (Phi) is 5.94. The molecule has 8 nitrogen and oxygen atoms in total. The van der Waals surface area contributed by atoms with Crippen molar-refractivity contribution in [2.24, 2.45) is 0 Å². The van der Waals surface area contributed by atoms with Gasteiger partial charge in [-0.05, 0) is 50.3 Å². The number of nitrogens with one attached hydrogen (secondary N) is 1. The lowest BCUT2D eigenvalue weighted by molar-refractivity contribution is 0.122. The molecule has 1 aliphatic heterocycles. The highest BCUT2D eigenvalue weighted by atomic mass is 16.5. The third kappa shape index (κ3) is 4.70. The zero-order valence-corrected chi connectivity index (χ0v) is 18.3. The lowest BCUT2D eigenvalue weighted by Gasteiger charge is -2.31. The molecule has 8 heteroatoms. The Bertz CT molecular complexity index is 1060. The molecule has 32 heavy (non-hydrogen) atoms. The molecule has 2 fully saturated rings. The minimum atomic E-state index is 0.0806. The molecule has 1 saturated carbocycles. The van der Waals surface area contributed by atoms with Crippen molar-refractivity contribution < 1.29 is 14.6 Å². The van der Waals surface area contributed by atoms with Crippen LogP contribution in [0.5, 0.6) is 11.6 Å². The number of hydrogen-bond acceptors (Lipinski definition) is 8. The molecule has 3 aromatic rings. The quantitative estimate of drug-likeness (QED) is 0.627. The fourth-order valence-corrected chi connectivity index (χ4v) is 4.36. The van der Waals surface area contributed by atoms with Crippen molar-refractivity contribution in [3.05, 3.63) is 42.2 Å². The van der Waals surface area contributed by atoms with E-state index in [9.17, 15) is 5.11 Å². The maximum absolute atomic E-state index is 9.98. The number of ether oxygens (including phenoxy) is 2. The van der Waals surface area contributed by atoms with Crippen molar-refractivity contribution in [2.75, 3.05) is 36.5 Å². The summed E-state index contributed by atoms with van der Waals surface area (Å²) in [4.78, 5) is 15.9. The van der Waals surface area contributed by atoms with Gasteiger partial charge in [-0.15, -0.1) is 0 Å². The molecule has 1 aliphatic carbocycles. The third-order valence-corrected chi connectivity index (χ3v) is 6.17. The number of hydrogen-bond donors (Lipinski definition) is 2. The van der Waals surface area contributed by atoms with Crippen LogP contribution in [0.4, 0.5) is 11.6 Å². The number of morpholine rings is 1. The van der Waals surface area contributed by atoms with Crippen LogP contribution in [-0.4, -0.2) is 58.5 Å². The summed E-state index contributed by atoms with van der Waals surface area (Å²) in [6.07, 6.45) is 7.30. The molecule has 0 amide bonds. The van der Waals surface area contributed by atoms with E-state index in [1.807, 2.05) is 25.3 Å². The van der Waals surface area contributed by atoms with Crippen LogP contribution < -0.4 is 15.0 Å². The van der Waals surface area contributed by atoms with Crippen LogP contribution in [0.25, 0.3) is 10.9 Å². The largest absolute Gasteiger partial charge is 0.506 e. The summed E-state index contributed by atoms with van der Waals surface area (Å²) in [6.45, 7) is 5.00. The minimum Gasteiger partial charge on any atom is -0.506 e. The summed E-state index contributed by atoms with van der Waals surface area (Å²) in [5.74, 6) is 2.42. The van der Waals surface area contributed by atoms with Crippen molar-refractivity contribution in [3.8, 4) is 11.6 Å². The number of fused-ring (bicyclic) bond motifs is 1. The molecule has 3 aromatic heterocycles. The molecule has 4 heterocycles. The standard InChI is InChI=1S/C24H29N5O3/c1-16-2-7-22(26-14-16)27-17-3-5-19(6-4-17)32-24-20-12-18(30)15-25-21(20)13-23(28-24)29-8-10-31-11-9-29/h2,7,12-15,17,19,30H,3-6,8-11H2,1H3,(H,26,27). The number of anilines is 2. The molecule has 0 bridgehead atoms. The van der Waals surface area contributed by atoms with E-state index in [0.29, 0.717) is 25.1 Å². The fourth-order valence-electron chi connectivity index (χ4n) is 4.36. The second-order valence-corrected chi connectivity index (χ2v) is 8.60. The van der Waals surface area contributed by atoms with E-state index < -0.39 is 0 Å². The van der Waals surface area contributed by atoms with Crippen LogP contribution in [0.3, 0.4) is 0 Å². The summed E-state index contributed by atoms with van der Waals surface area (Å²) >= 11 is 0. The third-order valence-electron chi connectivity index (χ3n) is 6.17. The summed E-state index contributed by atoms with van der Waals surface area (Å²) in [5.41, 5.74) is 1.93. The number of aromatic nitrogens is 3. The van der Waals surface area contributed by atoms with E-state index in [2.05, 4.69) is 26.3 Å². The van der Waals surface area contributed by atoms with Crippen LogP contribution in [0.15, 0.2) is 36.7 Å². The Morgan fingerprint density at radius 3 is 2.62 bits per heavy atom. The summed E-state index contributed by atoms with van der Waals surface area (Å²) in [5, 5.41) is 14.3. The van der Waals surface area contributed by atoms with Crippen LogP contribution in [-0.2, 0) is 4.74 Å². The normalized spacial score (nSPS) is 21.5. The molecule has 0 spiro atoms. The zero-order chi connectivity index (χ0) is 21.9. The molecule has 0 atom stereocenters. The first-order chi connectivity index (χ1) is 15.6. The zero-order valence-electron chi connectivity index (χ0n) is 18.3. The monoisotopic (exact) mass is 435 g/mol. The Labute approximate surface area is 187 Å². The lowest BCUT2D eigenvalue weighted by Crippen LogP contribution is -2.37. The van der Waals surface area contributed by atoms with Crippen molar-refractivity contribution in [2.45, 2.75) is 44.8 Å². The van der Waals surface area contributed by atoms with Gasteiger partial charge in [0, 0.05) is 31.4 Å². The maximum Gasteiger partial charge on any atom is 0.225 e. The van der Waals surface area contributed by atoms with Gasteiger partial charge in [0.25, 0.3) is 0 Å². The van der Waals surface area contributed by atoms with Crippen molar-refractivity contribution in [1.29, 1.82) is 0 Å². The first kappa shape index (κ1) is 20.8. The molecule has 0 radical (unpaired) electrons. The Hall–Kier alpha value is -3.13. The highest BCUT2D eigenvalue weighted by molar-refractivity contribution is 5.86. The van der Waals surface area contributed by atoms with Gasteiger partial charge in [-0.25, -0.2) is 4.98 Å². The Balaban J connectivity index is 1.30. The van der Waals surface area contributed by atoms with Crippen LogP contribution in [0.2, 0.25) is 0 Å². The second-order valence-electron chi connectivity index (χ2n) is 8.60. The molecular weight excluding hydrogens is 406 g/mol. The highest BCUT2D eigenvalue weighted by Gasteiger charge is 2.25. The average molecular weight is 436 g/mol. The van der Waals surface area contributed by atoms with E-state index in [1.165, 1.54) is 6.20 Å². The SMILES string of the molecule is Cc1ccc(NC2CCC(Oc3nc(N4CCOCC4)cc4ncc(O)cc34)CC2)nc1. The van der Waals surface area contributed by atoms with Gasteiger partial charge in [-0.3, -0.25) is 4.98 Å². The van der Waals surface area contributed by atoms with Gasteiger partial charge in [-0.1, -0.05) is 6.07 Å². The van der Waals surface area contributed by atoms with Gasteiger partial charge in [0.1, 0.15) is 23.5 Å². The number of pyridine rings is 3. The number of aryl methyl sites for hydroxylation is 1. The van der Waals surface area contributed by atoms with Gasteiger partial charge in [0.15, 0.2) is 0 Å². The Morgan fingerprint density at radius 1 is 1.06 bits per heavy atom. The summed E-state index contributed by atoms with van der Waals surface area (Å²) in [6, 6.07) is 8.14. The van der Waals surface area contributed by atoms with Crippen molar-refractivity contribution in [1.82, 2.24) is 15.0 Å². The predicted octanol–water partition coefficient (Wildman–Crippen LogP) is 3.68. The van der Waals surface area contributed by atoms with Gasteiger partial charge in [0.2, 0.25) is 5.88 Å². The van der Waals surface area contributed by atoms with Crippen molar-refractivity contribution >= 4 is 22.5 Å². The second kappa shape index (κ2) is 9.16. The molecule has 2 N–H and O–H groups in total. The van der Waals surface area contributed by atoms with Crippen LogP contribution >= 0.6 is 0 Å². The fraction of sp³-hybridized carbons (Fsp3) is 0.458. The van der Waals surface area contributed by atoms with E-state index in [1.54, 1.807) is 6.07 Å². The average Bonchev–Trinajstić information content (AvgIpc) is 2.82. The number of nitrogens with zero attached hydrogens (tertiary/aromatic N) is 4. The van der Waals surface area contributed by atoms with Crippen LogP contribution in [0.1, 0.15) is 31.2 Å². The van der Waals surface area contributed by atoms with E-state index >= 15 is 0 Å². The summed E-state index contributed by atoms with van der Waals surface area (Å²) in [7, 11) is 0. The maximum atomic E-state index is 9.98. The number of rotatable bonds is 5. The van der Waals surface area contributed by atoms with Crippen LogP contribution in [0, 0.1) is 6.92 Å². The first-order valence-corrected chi connectivity index (χ1v) is 11.3. The molecule has 2 aliphatic rings. The molecule has 0 aromatic carbocycles. The number of aromatic hydroxyl groups is 1. The van der Waals surface area contributed by atoms with E-state index in [0.717, 1.165) is 66.9 Å². The lowest BCUT2D eigenvalue weighted by atomic mass is 9.93. The topological polar surface area (TPSA) is 92.6 Å². The predicted molar refractivity (Wildman–Crippen MR) is 124 cm³/mol. The van der Waals surface area contributed by atoms with Gasteiger partial charge in [0.05, 0.1) is 30.3 Å². The van der Waals surface area contributed by atoms with Gasteiger partial charge < -0.3 is 24.8 Å². The Morgan fingerprint density at radius 2 is 1.88 bits per heavy atom. The van der Waals surface area contributed by atoms with Crippen molar-refractivity contribution in [3.63, 3.8) is 0 Å². The molecule has 168 valence electrons.